The Morgan fingerprint density at radius 2 is 2.06 bits per heavy atom. The van der Waals surface area contributed by atoms with Gasteiger partial charge in [-0.25, -0.2) is 0 Å². The highest BCUT2D eigenvalue weighted by Gasteiger charge is 2.26. The molecule has 0 aromatic carbocycles. The second kappa shape index (κ2) is 4.84. The Bertz CT molecular complexity index is 409. The molecule has 1 saturated heterocycles. The standard InChI is InChI=1S/C13H19N3O/c1-9-7-16(8-10(2)15-9)13(17)12-5-4-6-14-11(12)3/h4-6,9-10,15H,7-8H2,1-3H3. The molecule has 0 bridgehead atoms. The maximum absolute atomic E-state index is 12.4. The molecule has 1 aliphatic rings. The van der Waals surface area contributed by atoms with Crippen LogP contribution < -0.4 is 5.32 Å². The molecule has 1 aliphatic heterocycles. The number of pyridine rings is 1. The molecule has 0 spiro atoms. The molecule has 2 heterocycles. The summed E-state index contributed by atoms with van der Waals surface area (Å²) in [5, 5.41) is 3.42. The monoisotopic (exact) mass is 233 g/mol. The minimum atomic E-state index is 0.0933. The summed E-state index contributed by atoms with van der Waals surface area (Å²) in [5.41, 5.74) is 1.52. The van der Waals surface area contributed by atoms with Crippen molar-refractivity contribution in [3.63, 3.8) is 0 Å². The van der Waals surface area contributed by atoms with E-state index in [-0.39, 0.29) is 5.91 Å². The summed E-state index contributed by atoms with van der Waals surface area (Å²) in [6, 6.07) is 4.36. The van der Waals surface area contributed by atoms with Crippen molar-refractivity contribution in [3.05, 3.63) is 29.6 Å². The van der Waals surface area contributed by atoms with E-state index >= 15 is 0 Å². The van der Waals surface area contributed by atoms with Crippen molar-refractivity contribution in [3.8, 4) is 0 Å². The Morgan fingerprint density at radius 1 is 1.41 bits per heavy atom. The zero-order valence-corrected chi connectivity index (χ0v) is 10.6. The van der Waals surface area contributed by atoms with Gasteiger partial charge in [0, 0.05) is 37.1 Å². The molecular formula is C13H19N3O. The van der Waals surface area contributed by atoms with Crippen LogP contribution in [0.15, 0.2) is 18.3 Å². The van der Waals surface area contributed by atoms with Gasteiger partial charge in [-0.15, -0.1) is 0 Å². The van der Waals surface area contributed by atoms with Crippen LogP contribution in [0, 0.1) is 6.92 Å². The molecular weight excluding hydrogens is 214 g/mol. The molecule has 1 aromatic rings. The molecule has 1 fully saturated rings. The van der Waals surface area contributed by atoms with Gasteiger partial charge in [-0.1, -0.05) is 0 Å². The number of piperazine rings is 1. The number of amides is 1. The van der Waals surface area contributed by atoms with E-state index in [1.54, 1.807) is 6.20 Å². The lowest BCUT2D eigenvalue weighted by Crippen LogP contribution is -2.55. The predicted molar refractivity (Wildman–Crippen MR) is 66.9 cm³/mol. The van der Waals surface area contributed by atoms with Gasteiger partial charge >= 0.3 is 0 Å². The SMILES string of the molecule is Cc1ncccc1C(=O)N1CC(C)NC(C)C1. The van der Waals surface area contributed by atoms with Crippen molar-refractivity contribution in [1.29, 1.82) is 0 Å². The van der Waals surface area contributed by atoms with Crippen LogP contribution in [0.5, 0.6) is 0 Å². The van der Waals surface area contributed by atoms with Crippen molar-refractivity contribution in [1.82, 2.24) is 15.2 Å². The fourth-order valence-corrected chi connectivity index (χ4v) is 2.37. The molecule has 0 saturated carbocycles. The van der Waals surface area contributed by atoms with Crippen LogP contribution in [0.25, 0.3) is 0 Å². The van der Waals surface area contributed by atoms with Gasteiger partial charge in [0.1, 0.15) is 0 Å². The molecule has 2 unspecified atom stereocenters. The van der Waals surface area contributed by atoms with E-state index in [4.69, 9.17) is 0 Å². The average Bonchev–Trinajstić information content (AvgIpc) is 2.27. The molecule has 1 N–H and O–H groups in total. The minimum absolute atomic E-state index is 0.0933. The largest absolute Gasteiger partial charge is 0.335 e. The second-order valence-electron chi connectivity index (χ2n) is 4.82. The third-order valence-corrected chi connectivity index (χ3v) is 3.08. The number of carbonyl (C=O) groups is 1. The summed E-state index contributed by atoms with van der Waals surface area (Å²) >= 11 is 0. The van der Waals surface area contributed by atoms with Crippen LogP contribution in [0.4, 0.5) is 0 Å². The van der Waals surface area contributed by atoms with Crippen LogP contribution in [-0.4, -0.2) is 41.0 Å². The van der Waals surface area contributed by atoms with Crippen LogP contribution >= 0.6 is 0 Å². The normalized spacial score (nSPS) is 24.8. The molecule has 1 amide bonds. The first-order valence-corrected chi connectivity index (χ1v) is 6.05. The molecule has 2 atom stereocenters. The van der Waals surface area contributed by atoms with Gasteiger partial charge < -0.3 is 10.2 Å². The maximum Gasteiger partial charge on any atom is 0.255 e. The van der Waals surface area contributed by atoms with Crippen molar-refractivity contribution in [2.24, 2.45) is 0 Å². The zero-order valence-electron chi connectivity index (χ0n) is 10.6. The Hall–Kier alpha value is -1.42. The number of hydrogen-bond acceptors (Lipinski definition) is 3. The molecule has 2 rings (SSSR count). The van der Waals surface area contributed by atoms with E-state index in [0.717, 1.165) is 18.8 Å². The highest BCUT2D eigenvalue weighted by atomic mass is 16.2. The highest BCUT2D eigenvalue weighted by Crippen LogP contribution is 2.12. The summed E-state index contributed by atoms with van der Waals surface area (Å²) in [5.74, 6) is 0.0933. The van der Waals surface area contributed by atoms with E-state index in [1.165, 1.54) is 0 Å². The number of nitrogens with zero attached hydrogens (tertiary/aromatic N) is 2. The fraction of sp³-hybridized carbons (Fsp3) is 0.538. The first kappa shape index (κ1) is 12.0. The van der Waals surface area contributed by atoms with E-state index in [0.29, 0.717) is 17.6 Å². The second-order valence-corrected chi connectivity index (χ2v) is 4.82. The lowest BCUT2D eigenvalue weighted by atomic mass is 10.1. The van der Waals surface area contributed by atoms with Crippen LogP contribution in [0.1, 0.15) is 29.9 Å². The van der Waals surface area contributed by atoms with Gasteiger partial charge in [-0.2, -0.15) is 0 Å². The molecule has 4 nitrogen and oxygen atoms in total. The first-order valence-electron chi connectivity index (χ1n) is 6.05. The lowest BCUT2D eigenvalue weighted by Gasteiger charge is -2.36. The number of carbonyl (C=O) groups excluding carboxylic acids is 1. The quantitative estimate of drug-likeness (QED) is 0.793. The predicted octanol–water partition coefficient (Wildman–Crippen LogP) is 1.21. The lowest BCUT2D eigenvalue weighted by molar-refractivity contribution is 0.0672. The molecule has 4 heteroatoms. The third-order valence-electron chi connectivity index (χ3n) is 3.08. The van der Waals surface area contributed by atoms with Crippen molar-refractivity contribution in [2.75, 3.05) is 13.1 Å². The summed E-state index contributed by atoms with van der Waals surface area (Å²) in [6.45, 7) is 7.61. The summed E-state index contributed by atoms with van der Waals surface area (Å²) in [4.78, 5) is 18.5. The first-order chi connectivity index (χ1) is 8.08. The molecule has 0 aliphatic carbocycles. The highest BCUT2D eigenvalue weighted by molar-refractivity contribution is 5.95. The van der Waals surface area contributed by atoms with E-state index in [2.05, 4.69) is 24.1 Å². The smallest absolute Gasteiger partial charge is 0.255 e. The van der Waals surface area contributed by atoms with Crippen LogP contribution in [-0.2, 0) is 0 Å². The Balaban J connectivity index is 2.17. The topological polar surface area (TPSA) is 45.2 Å². The van der Waals surface area contributed by atoms with Gasteiger partial charge in [0.25, 0.3) is 5.91 Å². The third kappa shape index (κ3) is 2.64. The number of rotatable bonds is 1. The Kier molecular flexibility index (Phi) is 3.43. The van der Waals surface area contributed by atoms with Gasteiger partial charge in [0.2, 0.25) is 0 Å². The number of aromatic nitrogens is 1. The molecule has 0 radical (unpaired) electrons. The summed E-state index contributed by atoms with van der Waals surface area (Å²) in [7, 11) is 0. The van der Waals surface area contributed by atoms with Gasteiger partial charge in [0.05, 0.1) is 5.56 Å². The van der Waals surface area contributed by atoms with Crippen molar-refractivity contribution < 1.29 is 4.79 Å². The van der Waals surface area contributed by atoms with Crippen LogP contribution in [0.3, 0.4) is 0 Å². The number of aryl methyl sites for hydroxylation is 1. The van der Waals surface area contributed by atoms with Crippen molar-refractivity contribution >= 4 is 5.91 Å². The minimum Gasteiger partial charge on any atom is -0.335 e. The van der Waals surface area contributed by atoms with E-state index in [1.807, 2.05) is 24.0 Å². The number of nitrogens with one attached hydrogen (secondary N) is 1. The number of hydrogen-bond donors (Lipinski definition) is 1. The van der Waals surface area contributed by atoms with Gasteiger partial charge in [-0.05, 0) is 32.9 Å². The van der Waals surface area contributed by atoms with Gasteiger partial charge in [-0.3, -0.25) is 9.78 Å². The molecule has 92 valence electrons. The molecule has 1 aromatic heterocycles. The fourth-order valence-electron chi connectivity index (χ4n) is 2.37. The molecule has 17 heavy (non-hydrogen) atoms. The average molecular weight is 233 g/mol. The van der Waals surface area contributed by atoms with Gasteiger partial charge in [0.15, 0.2) is 0 Å². The van der Waals surface area contributed by atoms with Crippen molar-refractivity contribution in [2.45, 2.75) is 32.9 Å². The summed E-state index contributed by atoms with van der Waals surface area (Å²) in [6.07, 6.45) is 1.72. The van der Waals surface area contributed by atoms with Crippen LogP contribution in [0.2, 0.25) is 0 Å². The maximum atomic E-state index is 12.4. The van der Waals surface area contributed by atoms with E-state index < -0.39 is 0 Å². The summed E-state index contributed by atoms with van der Waals surface area (Å²) < 4.78 is 0. The Labute approximate surface area is 102 Å². The Morgan fingerprint density at radius 3 is 2.65 bits per heavy atom. The van der Waals surface area contributed by atoms with E-state index in [9.17, 15) is 4.79 Å². The zero-order chi connectivity index (χ0) is 12.4.